The van der Waals surface area contributed by atoms with Crippen molar-refractivity contribution in [3.05, 3.63) is 29.8 Å². The van der Waals surface area contributed by atoms with E-state index in [1.165, 1.54) is 0 Å². The molecule has 1 aromatic carbocycles. The molecule has 0 heterocycles. The third-order valence-electron chi connectivity index (χ3n) is 3.10. The van der Waals surface area contributed by atoms with Crippen molar-refractivity contribution in [2.24, 2.45) is 11.8 Å². The first-order chi connectivity index (χ1) is 10.3. The standard InChI is InChI=1S/C17H25NO3S/c1-11(2)9-14(17(20)21)10-18-16(19)13-5-7-15(8-6-13)22-12(3)4/h5-8,11-12,14H,9-10H2,1-4H3,(H,18,19)(H,20,21). The van der Waals surface area contributed by atoms with Crippen molar-refractivity contribution in [1.29, 1.82) is 0 Å². The molecule has 5 heteroatoms. The van der Waals surface area contributed by atoms with Crippen LogP contribution < -0.4 is 5.32 Å². The van der Waals surface area contributed by atoms with Crippen LogP contribution in [0.5, 0.6) is 0 Å². The van der Waals surface area contributed by atoms with Gasteiger partial charge in [0.25, 0.3) is 5.91 Å². The number of carboxylic acids is 1. The maximum absolute atomic E-state index is 12.1. The summed E-state index contributed by atoms with van der Waals surface area (Å²) < 4.78 is 0. The Morgan fingerprint density at radius 3 is 2.18 bits per heavy atom. The highest BCUT2D eigenvalue weighted by Gasteiger charge is 2.20. The lowest BCUT2D eigenvalue weighted by molar-refractivity contribution is -0.142. The summed E-state index contributed by atoms with van der Waals surface area (Å²) in [6, 6.07) is 7.39. The van der Waals surface area contributed by atoms with Crippen LogP contribution in [0.3, 0.4) is 0 Å². The number of thioether (sulfide) groups is 1. The van der Waals surface area contributed by atoms with Gasteiger partial charge in [-0.1, -0.05) is 27.7 Å². The molecule has 1 amide bonds. The topological polar surface area (TPSA) is 66.4 Å². The van der Waals surface area contributed by atoms with Crippen LogP contribution in [0.25, 0.3) is 0 Å². The summed E-state index contributed by atoms with van der Waals surface area (Å²) in [4.78, 5) is 24.4. The minimum Gasteiger partial charge on any atom is -0.481 e. The molecule has 22 heavy (non-hydrogen) atoms. The second kappa shape index (κ2) is 8.83. The van der Waals surface area contributed by atoms with Gasteiger partial charge in [-0.15, -0.1) is 11.8 Å². The third-order valence-corrected chi connectivity index (χ3v) is 4.12. The van der Waals surface area contributed by atoms with E-state index in [0.717, 1.165) is 4.90 Å². The van der Waals surface area contributed by atoms with Gasteiger partial charge in [0.2, 0.25) is 0 Å². The molecule has 0 radical (unpaired) electrons. The van der Waals surface area contributed by atoms with Gasteiger partial charge in [0.05, 0.1) is 5.92 Å². The smallest absolute Gasteiger partial charge is 0.308 e. The lowest BCUT2D eigenvalue weighted by atomic mass is 9.97. The molecule has 1 atom stereocenters. The van der Waals surface area contributed by atoms with Crippen molar-refractivity contribution in [3.8, 4) is 0 Å². The molecule has 0 aliphatic carbocycles. The van der Waals surface area contributed by atoms with Crippen LogP contribution in [-0.2, 0) is 4.79 Å². The predicted molar refractivity (Wildman–Crippen MR) is 90.3 cm³/mol. The number of aliphatic carboxylic acids is 1. The van der Waals surface area contributed by atoms with Gasteiger partial charge in [-0.05, 0) is 36.6 Å². The maximum Gasteiger partial charge on any atom is 0.308 e. The Kier molecular flexibility index (Phi) is 7.45. The molecule has 4 nitrogen and oxygen atoms in total. The molecule has 1 aromatic rings. The zero-order valence-electron chi connectivity index (χ0n) is 13.6. The Bertz CT molecular complexity index is 497. The molecule has 0 bridgehead atoms. The van der Waals surface area contributed by atoms with E-state index in [-0.39, 0.29) is 18.4 Å². The molecule has 0 saturated carbocycles. The number of hydrogen-bond donors (Lipinski definition) is 2. The van der Waals surface area contributed by atoms with Gasteiger partial charge in [0, 0.05) is 22.3 Å². The van der Waals surface area contributed by atoms with Crippen LogP contribution in [0.2, 0.25) is 0 Å². The SMILES string of the molecule is CC(C)CC(CNC(=O)c1ccc(SC(C)C)cc1)C(=O)O. The second-order valence-electron chi connectivity index (χ2n) is 6.07. The zero-order chi connectivity index (χ0) is 16.7. The third kappa shape index (κ3) is 6.52. The summed E-state index contributed by atoms with van der Waals surface area (Å²) in [5, 5.41) is 12.4. The van der Waals surface area contributed by atoms with E-state index < -0.39 is 11.9 Å². The van der Waals surface area contributed by atoms with E-state index in [4.69, 9.17) is 0 Å². The van der Waals surface area contributed by atoms with Crippen LogP contribution in [0.15, 0.2) is 29.2 Å². The van der Waals surface area contributed by atoms with Crippen molar-refractivity contribution in [3.63, 3.8) is 0 Å². The van der Waals surface area contributed by atoms with Crippen LogP contribution >= 0.6 is 11.8 Å². The van der Waals surface area contributed by atoms with E-state index in [0.29, 0.717) is 17.2 Å². The Morgan fingerprint density at radius 1 is 1.14 bits per heavy atom. The summed E-state index contributed by atoms with van der Waals surface area (Å²) in [6.45, 7) is 8.35. The number of benzene rings is 1. The number of hydrogen-bond acceptors (Lipinski definition) is 3. The number of carbonyl (C=O) groups is 2. The second-order valence-corrected chi connectivity index (χ2v) is 7.72. The van der Waals surface area contributed by atoms with Gasteiger partial charge in [-0.3, -0.25) is 9.59 Å². The first kappa shape index (κ1) is 18.6. The molecule has 0 spiro atoms. The van der Waals surface area contributed by atoms with Crippen LogP contribution in [-0.4, -0.2) is 28.8 Å². The van der Waals surface area contributed by atoms with Crippen molar-refractivity contribution < 1.29 is 14.7 Å². The highest BCUT2D eigenvalue weighted by atomic mass is 32.2. The van der Waals surface area contributed by atoms with Gasteiger partial charge in [-0.25, -0.2) is 0 Å². The minimum atomic E-state index is -0.863. The zero-order valence-corrected chi connectivity index (χ0v) is 14.4. The van der Waals surface area contributed by atoms with E-state index in [2.05, 4.69) is 19.2 Å². The summed E-state index contributed by atoms with van der Waals surface area (Å²) in [7, 11) is 0. The van der Waals surface area contributed by atoms with Crippen molar-refractivity contribution >= 4 is 23.6 Å². The largest absolute Gasteiger partial charge is 0.481 e. The van der Waals surface area contributed by atoms with Gasteiger partial charge in [-0.2, -0.15) is 0 Å². The summed E-state index contributed by atoms with van der Waals surface area (Å²) >= 11 is 1.74. The quantitative estimate of drug-likeness (QED) is 0.716. The van der Waals surface area contributed by atoms with Crippen LogP contribution in [0, 0.1) is 11.8 Å². The minimum absolute atomic E-state index is 0.162. The molecule has 0 fully saturated rings. The molecule has 0 aromatic heterocycles. The molecule has 122 valence electrons. The Labute approximate surface area is 136 Å². The van der Waals surface area contributed by atoms with Crippen LogP contribution in [0.1, 0.15) is 44.5 Å². The van der Waals surface area contributed by atoms with Gasteiger partial charge >= 0.3 is 5.97 Å². The number of carboxylic acid groups (broad SMARTS) is 1. The van der Waals surface area contributed by atoms with E-state index in [1.54, 1.807) is 23.9 Å². The molecule has 1 rings (SSSR count). The normalized spacial score (nSPS) is 12.5. The molecule has 2 N–H and O–H groups in total. The molecule has 0 aliphatic heterocycles. The monoisotopic (exact) mass is 323 g/mol. The fourth-order valence-electron chi connectivity index (χ4n) is 2.12. The van der Waals surface area contributed by atoms with Gasteiger partial charge in [0.15, 0.2) is 0 Å². The summed E-state index contributed by atoms with van der Waals surface area (Å²) in [6.07, 6.45) is 0.555. The predicted octanol–water partition coefficient (Wildman–Crippen LogP) is 3.66. The number of rotatable bonds is 8. The lowest BCUT2D eigenvalue weighted by Gasteiger charge is -2.15. The number of nitrogens with one attached hydrogen (secondary N) is 1. The fourth-order valence-corrected chi connectivity index (χ4v) is 2.95. The highest BCUT2D eigenvalue weighted by Crippen LogP contribution is 2.22. The first-order valence-corrected chi connectivity index (χ1v) is 8.45. The maximum atomic E-state index is 12.1. The van der Waals surface area contributed by atoms with Crippen molar-refractivity contribution in [2.45, 2.75) is 44.3 Å². The lowest BCUT2D eigenvalue weighted by Crippen LogP contribution is -2.33. The van der Waals surface area contributed by atoms with Gasteiger partial charge < -0.3 is 10.4 Å². The van der Waals surface area contributed by atoms with Gasteiger partial charge in [0.1, 0.15) is 0 Å². The number of amides is 1. The number of carbonyl (C=O) groups excluding carboxylic acids is 1. The Hall–Kier alpha value is -1.49. The average Bonchev–Trinajstić information content (AvgIpc) is 2.42. The van der Waals surface area contributed by atoms with Crippen LogP contribution in [0.4, 0.5) is 0 Å². The van der Waals surface area contributed by atoms with E-state index in [9.17, 15) is 14.7 Å². The fraction of sp³-hybridized carbons (Fsp3) is 0.529. The molecule has 0 aliphatic rings. The summed E-state index contributed by atoms with van der Waals surface area (Å²) in [5.41, 5.74) is 0.557. The van der Waals surface area contributed by atoms with E-state index in [1.807, 2.05) is 26.0 Å². The Morgan fingerprint density at radius 2 is 1.73 bits per heavy atom. The molecular weight excluding hydrogens is 298 g/mol. The molecule has 0 saturated heterocycles. The first-order valence-electron chi connectivity index (χ1n) is 7.57. The highest BCUT2D eigenvalue weighted by molar-refractivity contribution is 7.99. The average molecular weight is 323 g/mol. The van der Waals surface area contributed by atoms with E-state index >= 15 is 0 Å². The van der Waals surface area contributed by atoms with Crippen molar-refractivity contribution in [2.75, 3.05) is 6.54 Å². The summed E-state index contributed by atoms with van der Waals surface area (Å²) in [5.74, 6) is -1.35. The molecular formula is C17H25NO3S. The Balaban J connectivity index is 2.58. The molecule has 1 unspecified atom stereocenters. The van der Waals surface area contributed by atoms with Crippen molar-refractivity contribution in [1.82, 2.24) is 5.32 Å².